The van der Waals surface area contributed by atoms with Gasteiger partial charge in [0.25, 0.3) is 5.56 Å². The fraction of sp³-hybridized carbons (Fsp3) is 0.529. The molecule has 1 aliphatic heterocycles. The van der Waals surface area contributed by atoms with Crippen LogP contribution >= 0.6 is 0 Å². The van der Waals surface area contributed by atoms with Gasteiger partial charge in [0.2, 0.25) is 5.95 Å². The van der Waals surface area contributed by atoms with Gasteiger partial charge in [0, 0.05) is 13.1 Å². The zero-order valence-electron chi connectivity index (χ0n) is 12.3. The Morgan fingerprint density at radius 1 is 1.05 bits per heavy atom. The summed E-state index contributed by atoms with van der Waals surface area (Å²) < 4.78 is 0. The number of aromatic amines is 1. The first-order valence-electron chi connectivity index (χ1n) is 8.00. The van der Waals surface area contributed by atoms with E-state index in [4.69, 9.17) is 0 Å². The van der Waals surface area contributed by atoms with Gasteiger partial charge in [-0.25, -0.2) is 4.98 Å². The Kier molecular flexibility index (Phi) is 2.98. The van der Waals surface area contributed by atoms with Crippen LogP contribution in [0.25, 0.3) is 10.9 Å². The van der Waals surface area contributed by atoms with E-state index >= 15 is 0 Å². The summed E-state index contributed by atoms with van der Waals surface area (Å²) in [6.07, 6.45) is 8.05. The highest BCUT2D eigenvalue weighted by Gasteiger charge is 2.37. The molecule has 0 unspecified atom stereocenters. The van der Waals surface area contributed by atoms with Crippen molar-refractivity contribution in [2.45, 2.75) is 38.5 Å². The zero-order valence-corrected chi connectivity index (χ0v) is 12.3. The maximum Gasteiger partial charge on any atom is 0.260 e. The molecule has 1 spiro atoms. The maximum atomic E-state index is 12.2. The molecule has 1 saturated heterocycles. The van der Waals surface area contributed by atoms with Crippen LogP contribution in [0.2, 0.25) is 0 Å². The van der Waals surface area contributed by atoms with E-state index < -0.39 is 0 Å². The van der Waals surface area contributed by atoms with Crippen LogP contribution in [0.3, 0.4) is 0 Å². The standard InChI is InChI=1S/C17H21N3O/c21-15-13-5-1-2-6-14(13)18-16(19-15)20-11-9-17(10-12-20)7-3-4-8-17/h1-2,5-6H,3-4,7-12H2,(H,18,19,21). The molecule has 0 bridgehead atoms. The van der Waals surface area contributed by atoms with Crippen LogP contribution in [0.5, 0.6) is 0 Å². The molecule has 2 fully saturated rings. The average Bonchev–Trinajstić information content (AvgIpc) is 2.96. The third-order valence-corrected chi connectivity index (χ3v) is 5.39. The Morgan fingerprint density at radius 3 is 2.52 bits per heavy atom. The Labute approximate surface area is 124 Å². The van der Waals surface area contributed by atoms with Gasteiger partial charge in [-0.15, -0.1) is 0 Å². The Morgan fingerprint density at radius 2 is 1.76 bits per heavy atom. The lowest BCUT2D eigenvalue weighted by Crippen LogP contribution is -2.40. The first-order valence-corrected chi connectivity index (χ1v) is 8.00. The van der Waals surface area contributed by atoms with Crippen molar-refractivity contribution in [2.24, 2.45) is 5.41 Å². The van der Waals surface area contributed by atoms with E-state index in [1.165, 1.54) is 38.5 Å². The molecule has 0 atom stereocenters. The SMILES string of the molecule is O=c1[nH]c(N2CCC3(CCCC3)CC2)nc2ccccc12. The van der Waals surface area contributed by atoms with Crippen molar-refractivity contribution in [3.8, 4) is 0 Å². The lowest BCUT2D eigenvalue weighted by Gasteiger charge is -2.39. The van der Waals surface area contributed by atoms with Crippen molar-refractivity contribution in [3.05, 3.63) is 34.6 Å². The largest absolute Gasteiger partial charge is 0.342 e. The van der Waals surface area contributed by atoms with Crippen molar-refractivity contribution in [1.29, 1.82) is 0 Å². The fourth-order valence-electron chi connectivity index (χ4n) is 4.04. The summed E-state index contributed by atoms with van der Waals surface area (Å²) in [4.78, 5) is 22.0. The lowest BCUT2D eigenvalue weighted by atomic mass is 9.77. The number of H-pyrrole nitrogens is 1. The average molecular weight is 283 g/mol. The first kappa shape index (κ1) is 12.9. The Balaban J connectivity index is 1.61. The molecule has 0 radical (unpaired) electrons. The minimum absolute atomic E-state index is 0.0308. The zero-order chi connectivity index (χ0) is 14.3. The predicted molar refractivity (Wildman–Crippen MR) is 84.7 cm³/mol. The second-order valence-electron chi connectivity index (χ2n) is 6.60. The topological polar surface area (TPSA) is 49.0 Å². The van der Waals surface area contributed by atoms with Crippen LogP contribution in [0.4, 0.5) is 5.95 Å². The molecule has 110 valence electrons. The number of hydrogen-bond donors (Lipinski definition) is 1. The molecular formula is C17H21N3O. The predicted octanol–water partition coefficient (Wildman–Crippen LogP) is 3.08. The highest BCUT2D eigenvalue weighted by Crippen LogP contribution is 2.46. The second-order valence-corrected chi connectivity index (χ2v) is 6.60. The number of piperidine rings is 1. The summed E-state index contributed by atoms with van der Waals surface area (Å²) in [5.74, 6) is 0.742. The molecule has 4 nitrogen and oxygen atoms in total. The van der Waals surface area contributed by atoms with Gasteiger partial charge in [-0.2, -0.15) is 0 Å². The minimum Gasteiger partial charge on any atom is -0.342 e. The van der Waals surface area contributed by atoms with Crippen molar-refractivity contribution in [2.75, 3.05) is 18.0 Å². The molecule has 1 aromatic heterocycles. The van der Waals surface area contributed by atoms with E-state index in [-0.39, 0.29) is 5.56 Å². The van der Waals surface area contributed by atoms with Gasteiger partial charge >= 0.3 is 0 Å². The number of anilines is 1. The van der Waals surface area contributed by atoms with Gasteiger partial charge in [-0.1, -0.05) is 25.0 Å². The normalized spacial score (nSPS) is 21.2. The van der Waals surface area contributed by atoms with E-state index in [9.17, 15) is 4.79 Å². The lowest BCUT2D eigenvalue weighted by molar-refractivity contribution is 0.225. The summed E-state index contributed by atoms with van der Waals surface area (Å²) in [5, 5.41) is 0.672. The molecular weight excluding hydrogens is 262 g/mol. The second kappa shape index (κ2) is 4.86. The summed E-state index contributed by atoms with van der Waals surface area (Å²) in [5.41, 5.74) is 1.35. The number of para-hydroxylation sites is 1. The quantitative estimate of drug-likeness (QED) is 0.875. The maximum absolute atomic E-state index is 12.2. The summed E-state index contributed by atoms with van der Waals surface area (Å²) in [7, 11) is 0. The molecule has 0 amide bonds. The van der Waals surface area contributed by atoms with Crippen LogP contribution in [0.1, 0.15) is 38.5 Å². The van der Waals surface area contributed by atoms with Crippen molar-refractivity contribution >= 4 is 16.9 Å². The van der Waals surface area contributed by atoms with Gasteiger partial charge < -0.3 is 4.90 Å². The number of fused-ring (bicyclic) bond motifs is 1. The van der Waals surface area contributed by atoms with Crippen molar-refractivity contribution in [1.82, 2.24) is 9.97 Å². The highest BCUT2D eigenvalue weighted by molar-refractivity contribution is 5.78. The van der Waals surface area contributed by atoms with E-state index in [0.29, 0.717) is 10.8 Å². The molecule has 1 aromatic carbocycles. The number of nitrogens with zero attached hydrogens (tertiary/aromatic N) is 2. The van der Waals surface area contributed by atoms with Crippen LogP contribution in [-0.4, -0.2) is 23.1 Å². The summed E-state index contributed by atoms with van der Waals surface area (Å²) in [6, 6.07) is 7.55. The fourth-order valence-corrected chi connectivity index (χ4v) is 4.04. The molecule has 2 aromatic rings. The Bertz CT molecular complexity index is 705. The van der Waals surface area contributed by atoms with Crippen LogP contribution < -0.4 is 10.5 Å². The number of aromatic nitrogens is 2. The molecule has 4 rings (SSSR count). The van der Waals surface area contributed by atoms with Gasteiger partial charge in [-0.05, 0) is 43.2 Å². The smallest absolute Gasteiger partial charge is 0.260 e. The van der Waals surface area contributed by atoms with Crippen molar-refractivity contribution < 1.29 is 0 Å². The highest BCUT2D eigenvalue weighted by atomic mass is 16.1. The third kappa shape index (κ3) is 2.23. The molecule has 2 heterocycles. The molecule has 21 heavy (non-hydrogen) atoms. The van der Waals surface area contributed by atoms with Crippen LogP contribution in [-0.2, 0) is 0 Å². The van der Waals surface area contributed by atoms with Gasteiger partial charge in [0.15, 0.2) is 0 Å². The molecule has 2 aliphatic rings. The molecule has 1 N–H and O–H groups in total. The van der Waals surface area contributed by atoms with E-state index in [2.05, 4.69) is 14.9 Å². The number of nitrogens with one attached hydrogen (secondary N) is 1. The van der Waals surface area contributed by atoms with Crippen LogP contribution in [0, 0.1) is 5.41 Å². The summed E-state index contributed by atoms with van der Waals surface area (Å²) >= 11 is 0. The molecule has 1 aliphatic carbocycles. The number of benzene rings is 1. The van der Waals surface area contributed by atoms with E-state index in [1.54, 1.807) is 0 Å². The van der Waals surface area contributed by atoms with Gasteiger partial charge in [0.05, 0.1) is 10.9 Å². The molecule has 1 saturated carbocycles. The van der Waals surface area contributed by atoms with E-state index in [1.807, 2.05) is 24.3 Å². The van der Waals surface area contributed by atoms with Crippen LogP contribution in [0.15, 0.2) is 29.1 Å². The molecule has 4 heteroatoms. The van der Waals surface area contributed by atoms with E-state index in [0.717, 1.165) is 24.6 Å². The number of hydrogen-bond acceptors (Lipinski definition) is 3. The Hall–Kier alpha value is -1.84. The van der Waals surface area contributed by atoms with Crippen molar-refractivity contribution in [3.63, 3.8) is 0 Å². The van der Waals surface area contributed by atoms with Gasteiger partial charge in [0.1, 0.15) is 0 Å². The third-order valence-electron chi connectivity index (χ3n) is 5.39. The monoisotopic (exact) mass is 283 g/mol. The van der Waals surface area contributed by atoms with Gasteiger partial charge in [-0.3, -0.25) is 9.78 Å². The first-order chi connectivity index (χ1) is 10.3. The summed E-state index contributed by atoms with van der Waals surface area (Å²) in [6.45, 7) is 2.03. The number of rotatable bonds is 1. The minimum atomic E-state index is -0.0308.